The van der Waals surface area contributed by atoms with Crippen molar-refractivity contribution in [2.75, 3.05) is 0 Å². The predicted octanol–water partition coefficient (Wildman–Crippen LogP) is 6.85. The minimum Gasteiger partial charge on any atom is -0.473 e. The number of hydrogen-bond acceptors (Lipinski definition) is 4. The Morgan fingerprint density at radius 1 is 1.00 bits per heavy atom. The largest absolute Gasteiger partial charge is 0.473 e. The molecule has 9 heteroatoms. The van der Waals surface area contributed by atoms with Crippen molar-refractivity contribution < 1.29 is 17.9 Å². The second kappa shape index (κ2) is 9.38. The molecule has 6 nitrogen and oxygen atoms in total. The highest BCUT2D eigenvalue weighted by Gasteiger charge is 2.34. The summed E-state index contributed by atoms with van der Waals surface area (Å²) in [6.45, 7) is 6.13. The summed E-state index contributed by atoms with van der Waals surface area (Å²) in [5, 5.41) is 3.71. The average Bonchev–Trinajstić information content (AvgIpc) is 3.45. The van der Waals surface area contributed by atoms with Gasteiger partial charge in [0.1, 0.15) is 17.8 Å². The van der Waals surface area contributed by atoms with Crippen LogP contribution >= 0.6 is 0 Å². The van der Waals surface area contributed by atoms with Gasteiger partial charge in [0.05, 0.1) is 17.5 Å². The zero-order valence-electron chi connectivity index (χ0n) is 20.9. The number of nitrogens with zero attached hydrogens (tertiary/aromatic N) is 5. The average molecular weight is 506 g/mol. The third-order valence-corrected chi connectivity index (χ3v) is 6.27. The fourth-order valence-corrected chi connectivity index (χ4v) is 4.35. The maximum Gasteiger partial charge on any atom is 0.435 e. The molecule has 0 spiro atoms. The lowest BCUT2D eigenvalue weighted by Gasteiger charge is -2.14. The van der Waals surface area contributed by atoms with E-state index in [4.69, 9.17) is 9.72 Å². The predicted molar refractivity (Wildman–Crippen MR) is 136 cm³/mol. The van der Waals surface area contributed by atoms with Gasteiger partial charge in [-0.2, -0.15) is 18.3 Å². The molecule has 0 saturated heterocycles. The van der Waals surface area contributed by atoms with E-state index in [1.165, 1.54) is 10.2 Å². The number of ether oxygens (including phenoxy) is 1. The molecule has 0 radical (unpaired) electrons. The summed E-state index contributed by atoms with van der Waals surface area (Å²) in [4.78, 5) is 9.41. The molecule has 0 bridgehead atoms. The van der Waals surface area contributed by atoms with E-state index < -0.39 is 11.9 Å². The molecule has 3 heterocycles. The fraction of sp³-hybridized carbons (Fsp3) is 0.250. The zero-order chi connectivity index (χ0) is 26.3. The molecular weight excluding hydrogens is 479 g/mol. The summed E-state index contributed by atoms with van der Waals surface area (Å²) < 4.78 is 48.4. The number of halogens is 3. The lowest BCUT2D eigenvalue weighted by atomic mass is 9.94. The molecule has 5 rings (SSSR count). The maximum atomic E-state index is 13.0. The van der Waals surface area contributed by atoms with Gasteiger partial charge >= 0.3 is 6.18 Å². The molecule has 0 amide bonds. The van der Waals surface area contributed by atoms with E-state index in [9.17, 15) is 13.2 Å². The van der Waals surface area contributed by atoms with Crippen molar-refractivity contribution in [3.8, 4) is 22.8 Å². The molecule has 3 aromatic heterocycles. The number of pyridine rings is 1. The number of aromatic nitrogens is 5. The monoisotopic (exact) mass is 505 g/mol. The molecule has 0 aliphatic heterocycles. The minimum absolute atomic E-state index is 0.244. The third-order valence-electron chi connectivity index (χ3n) is 6.27. The highest BCUT2D eigenvalue weighted by atomic mass is 19.4. The van der Waals surface area contributed by atoms with Gasteiger partial charge in [0.2, 0.25) is 5.88 Å². The summed E-state index contributed by atoms with van der Waals surface area (Å²) >= 11 is 0. The van der Waals surface area contributed by atoms with E-state index in [1.54, 1.807) is 37.5 Å². The van der Waals surface area contributed by atoms with Crippen LogP contribution in [0.25, 0.3) is 28.0 Å². The Balaban J connectivity index is 1.42. The van der Waals surface area contributed by atoms with Crippen molar-refractivity contribution >= 4 is 11.0 Å². The zero-order valence-corrected chi connectivity index (χ0v) is 20.9. The molecule has 2 aromatic carbocycles. The summed E-state index contributed by atoms with van der Waals surface area (Å²) in [5.74, 6) is 0.775. The van der Waals surface area contributed by atoms with Crippen molar-refractivity contribution in [2.24, 2.45) is 7.05 Å². The quantitative estimate of drug-likeness (QED) is 0.253. The van der Waals surface area contributed by atoms with Crippen LogP contribution in [-0.4, -0.2) is 24.3 Å². The van der Waals surface area contributed by atoms with Crippen LogP contribution in [0.3, 0.4) is 0 Å². The van der Waals surface area contributed by atoms with Crippen LogP contribution in [0.5, 0.6) is 5.88 Å². The van der Waals surface area contributed by atoms with Gasteiger partial charge in [0.25, 0.3) is 0 Å². The van der Waals surface area contributed by atoms with E-state index in [0.29, 0.717) is 23.2 Å². The number of rotatable bonds is 6. The Bertz CT molecular complexity index is 1570. The Kier molecular flexibility index (Phi) is 6.23. The van der Waals surface area contributed by atoms with E-state index in [-0.39, 0.29) is 6.61 Å². The van der Waals surface area contributed by atoms with Gasteiger partial charge in [0.15, 0.2) is 5.69 Å². The van der Waals surface area contributed by atoms with E-state index in [1.807, 2.05) is 29.8 Å². The number of benzene rings is 2. The second-order valence-electron chi connectivity index (χ2n) is 9.31. The molecule has 190 valence electrons. The van der Waals surface area contributed by atoms with Crippen LogP contribution in [0.15, 0.2) is 67.0 Å². The molecule has 0 saturated carbocycles. The molecule has 0 unspecified atom stereocenters. The first-order valence-corrected chi connectivity index (χ1v) is 11.9. The van der Waals surface area contributed by atoms with E-state index in [0.717, 1.165) is 33.9 Å². The molecule has 0 aliphatic rings. The lowest BCUT2D eigenvalue weighted by Crippen LogP contribution is -2.07. The van der Waals surface area contributed by atoms with Crippen LogP contribution in [-0.2, 0) is 19.8 Å². The molecule has 0 aliphatic carbocycles. The fourth-order valence-electron chi connectivity index (χ4n) is 4.35. The summed E-state index contributed by atoms with van der Waals surface area (Å²) in [7, 11) is 1.93. The Morgan fingerprint density at radius 3 is 2.41 bits per heavy atom. The van der Waals surface area contributed by atoms with E-state index in [2.05, 4.69) is 36.1 Å². The first-order valence-electron chi connectivity index (χ1n) is 11.9. The minimum atomic E-state index is -4.49. The highest BCUT2D eigenvalue weighted by molar-refractivity contribution is 5.91. The van der Waals surface area contributed by atoms with Gasteiger partial charge < -0.3 is 9.30 Å². The summed E-state index contributed by atoms with van der Waals surface area (Å²) in [5.41, 5.74) is 5.55. The van der Waals surface area contributed by atoms with Crippen molar-refractivity contribution in [1.29, 1.82) is 0 Å². The number of aryl methyl sites for hydroxylation is 2. The number of hydrogen-bond donors (Lipinski definition) is 0. The first-order chi connectivity index (χ1) is 17.6. The standard InChI is InChI=1S/C28H26F3N5O/c1-17(2)21-7-5-6-8-22(21)26-27-23(35(4)16-32-27)14-25(33-26)37-15-19-9-11-20(12-10-19)36-18(3)13-24(34-36)28(29,30)31/h5-14,16-17H,15H2,1-4H3. The van der Waals surface area contributed by atoms with Crippen molar-refractivity contribution in [1.82, 2.24) is 24.3 Å². The van der Waals surface area contributed by atoms with Crippen LogP contribution in [0, 0.1) is 6.92 Å². The number of fused-ring (bicyclic) bond motifs is 1. The Hall–Kier alpha value is -4.14. The van der Waals surface area contributed by atoms with Gasteiger partial charge in [-0.05, 0) is 42.2 Å². The van der Waals surface area contributed by atoms with Gasteiger partial charge in [-0.15, -0.1) is 0 Å². The molecule has 5 aromatic rings. The van der Waals surface area contributed by atoms with Crippen molar-refractivity contribution in [3.63, 3.8) is 0 Å². The van der Waals surface area contributed by atoms with Crippen LogP contribution in [0.2, 0.25) is 0 Å². The number of alkyl halides is 3. The van der Waals surface area contributed by atoms with Crippen molar-refractivity contribution in [3.05, 3.63) is 89.5 Å². The molecule has 0 fully saturated rings. The van der Waals surface area contributed by atoms with Crippen LogP contribution in [0.1, 0.15) is 42.3 Å². The maximum absolute atomic E-state index is 13.0. The Morgan fingerprint density at radius 2 is 1.73 bits per heavy atom. The Labute approximate surface area is 212 Å². The van der Waals surface area contributed by atoms with E-state index >= 15 is 0 Å². The topological polar surface area (TPSA) is 57.8 Å². The lowest BCUT2D eigenvalue weighted by molar-refractivity contribution is -0.141. The second-order valence-corrected chi connectivity index (χ2v) is 9.31. The van der Waals surface area contributed by atoms with Gasteiger partial charge in [-0.25, -0.2) is 14.6 Å². The van der Waals surface area contributed by atoms with Crippen LogP contribution < -0.4 is 4.74 Å². The molecule has 37 heavy (non-hydrogen) atoms. The smallest absolute Gasteiger partial charge is 0.435 e. The molecular formula is C28H26F3N5O. The SMILES string of the molecule is Cc1cc(C(F)(F)F)nn1-c1ccc(COc2cc3c(ncn3C)c(-c3ccccc3C(C)C)n2)cc1. The highest BCUT2D eigenvalue weighted by Crippen LogP contribution is 2.34. The molecule has 0 atom stereocenters. The summed E-state index contributed by atoms with van der Waals surface area (Å²) in [6.07, 6.45) is -2.72. The van der Waals surface area contributed by atoms with Gasteiger partial charge in [-0.3, -0.25) is 0 Å². The first kappa shape index (κ1) is 24.5. The molecule has 0 N–H and O–H groups in total. The summed E-state index contributed by atoms with van der Waals surface area (Å²) in [6, 6.07) is 18.1. The normalized spacial score (nSPS) is 12.0. The number of imidazole rings is 1. The van der Waals surface area contributed by atoms with Crippen molar-refractivity contribution in [2.45, 2.75) is 39.5 Å². The van der Waals surface area contributed by atoms with Crippen LogP contribution in [0.4, 0.5) is 13.2 Å². The third kappa shape index (κ3) is 4.81. The van der Waals surface area contributed by atoms with Gasteiger partial charge in [0, 0.05) is 24.4 Å². The van der Waals surface area contributed by atoms with Gasteiger partial charge in [-0.1, -0.05) is 50.2 Å².